The summed E-state index contributed by atoms with van der Waals surface area (Å²) < 4.78 is 31.4. The maximum Gasteiger partial charge on any atom is 0.338 e. The molecule has 0 spiro atoms. The maximum atomic E-state index is 11.7. The van der Waals surface area contributed by atoms with Crippen LogP contribution in [0.4, 0.5) is 0 Å². The van der Waals surface area contributed by atoms with Crippen LogP contribution in [0.25, 0.3) is 0 Å². The number of carboxylic acid groups (broad SMARTS) is 1. The number of carbonyl (C=O) groups is 3. The number of hydrogen-bond donors (Lipinski definition) is 1. The van der Waals surface area contributed by atoms with Gasteiger partial charge in [0.25, 0.3) is 0 Å². The molecule has 1 N–H and O–H groups in total. The number of carboxylic acids is 1. The van der Waals surface area contributed by atoms with Gasteiger partial charge in [0.05, 0.1) is 58.4 Å². The molecule has 0 aromatic heterocycles. The predicted octanol–water partition coefficient (Wildman–Crippen LogP) is 2.10. The van der Waals surface area contributed by atoms with Crippen molar-refractivity contribution in [2.24, 2.45) is 0 Å². The fraction of sp³-hybridized carbons (Fsp3) is 0.609. The summed E-state index contributed by atoms with van der Waals surface area (Å²) in [5, 5.41) is 8.51. The van der Waals surface area contributed by atoms with Gasteiger partial charge in [-0.1, -0.05) is 18.2 Å². The zero-order valence-electron chi connectivity index (χ0n) is 18.9. The zero-order valence-corrected chi connectivity index (χ0v) is 18.9. The Hall–Kier alpha value is -2.53. The number of hydrogen-bond acceptors (Lipinski definition) is 9. The molecule has 0 unspecified atom stereocenters. The van der Waals surface area contributed by atoms with Crippen LogP contribution in [-0.4, -0.2) is 89.1 Å². The second-order valence-corrected chi connectivity index (χ2v) is 6.77. The summed E-state index contributed by atoms with van der Waals surface area (Å²) in [6.45, 7) is 3.34. The molecule has 0 atom stereocenters. The van der Waals surface area contributed by atoms with Crippen LogP contribution in [0.1, 0.15) is 36.0 Å². The van der Waals surface area contributed by atoms with Crippen LogP contribution < -0.4 is 0 Å². The third kappa shape index (κ3) is 17.7. The molecule has 0 aliphatic heterocycles. The molecule has 1 rings (SSSR count). The van der Waals surface area contributed by atoms with Crippen LogP contribution in [0.5, 0.6) is 0 Å². The Kier molecular flexibility index (Phi) is 17.4. The van der Waals surface area contributed by atoms with Crippen molar-refractivity contribution < 1.29 is 47.9 Å². The van der Waals surface area contributed by atoms with E-state index in [2.05, 4.69) is 0 Å². The summed E-state index contributed by atoms with van der Waals surface area (Å²) in [6, 6.07) is 8.77. The van der Waals surface area contributed by atoms with Gasteiger partial charge in [-0.3, -0.25) is 9.59 Å². The minimum absolute atomic E-state index is 0.0589. The first-order chi connectivity index (χ1) is 16.1. The third-order valence-electron chi connectivity index (χ3n) is 4.10. The minimum atomic E-state index is -0.865. The number of ether oxygens (including phenoxy) is 6. The molecule has 0 saturated carbocycles. The number of carbonyl (C=O) groups excluding carboxylic acids is 2. The second kappa shape index (κ2) is 20.1. The van der Waals surface area contributed by atoms with E-state index in [4.69, 9.17) is 33.5 Å². The molecule has 0 heterocycles. The van der Waals surface area contributed by atoms with Crippen LogP contribution >= 0.6 is 0 Å². The molecule has 0 bridgehead atoms. The van der Waals surface area contributed by atoms with E-state index in [9.17, 15) is 14.4 Å². The van der Waals surface area contributed by atoms with Crippen molar-refractivity contribution in [3.05, 3.63) is 35.9 Å². The zero-order chi connectivity index (χ0) is 24.0. The van der Waals surface area contributed by atoms with Gasteiger partial charge in [0.1, 0.15) is 13.2 Å². The molecule has 0 saturated heterocycles. The molecule has 186 valence electrons. The van der Waals surface area contributed by atoms with E-state index in [1.165, 1.54) is 0 Å². The average molecular weight is 471 g/mol. The van der Waals surface area contributed by atoms with Gasteiger partial charge < -0.3 is 33.5 Å². The molecule has 10 nitrogen and oxygen atoms in total. The van der Waals surface area contributed by atoms with Gasteiger partial charge in [-0.2, -0.15) is 0 Å². The SMILES string of the molecule is O=C(O)CCCCC(=O)OCCOCCOCCOCCOCCOC(=O)c1ccccc1. The van der Waals surface area contributed by atoms with Gasteiger partial charge in [-0.15, -0.1) is 0 Å². The summed E-state index contributed by atoms with van der Waals surface area (Å²) in [5.41, 5.74) is 0.511. The highest BCUT2D eigenvalue weighted by Crippen LogP contribution is 2.02. The van der Waals surface area contributed by atoms with E-state index in [0.29, 0.717) is 64.7 Å². The first kappa shape index (κ1) is 28.5. The van der Waals surface area contributed by atoms with E-state index in [1.807, 2.05) is 6.07 Å². The molecule has 0 fully saturated rings. The first-order valence-electron chi connectivity index (χ1n) is 11.0. The summed E-state index contributed by atoms with van der Waals surface area (Å²) in [6.07, 6.45) is 1.23. The largest absolute Gasteiger partial charge is 0.481 e. The Bertz CT molecular complexity index is 650. The Morgan fingerprint density at radius 2 is 1.06 bits per heavy atom. The molecule has 1 aromatic carbocycles. The average Bonchev–Trinajstić information content (AvgIpc) is 2.81. The van der Waals surface area contributed by atoms with Crippen LogP contribution in [0.15, 0.2) is 30.3 Å². The molecule has 0 radical (unpaired) electrons. The summed E-state index contributed by atoms with van der Waals surface area (Å²) >= 11 is 0. The normalized spacial score (nSPS) is 10.7. The molecular weight excluding hydrogens is 436 g/mol. The lowest BCUT2D eigenvalue weighted by molar-refractivity contribution is -0.146. The van der Waals surface area contributed by atoms with Crippen molar-refractivity contribution in [2.75, 3.05) is 66.1 Å². The molecule has 33 heavy (non-hydrogen) atoms. The highest BCUT2D eigenvalue weighted by atomic mass is 16.6. The van der Waals surface area contributed by atoms with Crippen molar-refractivity contribution >= 4 is 17.9 Å². The molecule has 0 aliphatic carbocycles. The number of rotatable bonds is 21. The summed E-state index contributed by atoms with van der Waals surface area (Å²) in [4.78, 5) is 33.5. The van der Waals surface area contributed by atoms with Gasteiger partial charge >= 0.3 is 17.9 Å². The lowest BCUT2D eigenvalue weighted by Gasteiger charge is -2.08. The van der Waals surface area contributed by atoms with E-state index in [0.717, 1.165) is 0 Å². The minimum Gasteiger partial charge on any atom is -0.481 e. The van der Waals surface area contributed by atoms with Crippen LogP contribution in [0.3, 0.4) is 0 Å². The van der Waals surface area contributed by atoms with Gasteiger partial charge in [-0.25, -0.2) is 4.79 Å². The number of unbranched alkanes of at least 4 members (excludes halogenated alkanes) is 1. The van der Waals surface area contributed by atoms with E-state index >= 15 is 0 Å². The monoisotopic (exact) mass is 470 g/mol. The van der Waals surface area contributed by atoms with Gasteiger partial charge in [-0.05, 0) is 25.0 Å². The van der Waals surface area contributed by atoms with Gasteiger partial charge in [0.15, 0.2) is 0 Å². The van der Waals surface area contributed by atoms with Gasteiger partial charge in [0, 0.05) is 12.8 Å². The fourth-order valence-electron chi connectivity index (χ4n) is 2.44. The molecule has 0 amide bonds. The number of aliphatic carboxylic acids is 1. The quantitative estimate of drug-likeness (QED) is 0.211. The first-order valence-corrected chi connectivity index (χ1v) is 11.0. The summed E-state index contributed by atoms with van der Waals surface area (Å²) in [5.74, 6) is -1.59. The standard InChI is InChI=1S/C23H34O10/c24-21(25)8-4-5-9-22(26)32-18-16-30-14-12-28-10-11-29-13-15-31-17-19-33-23(27)20-6-2-1-3-7-20/h1-3,6-7H,4-5,8-19H2,(H,24,25). The van der Waals surface area contributed by atoms with E-state index in [1.54, 1.807) is 24.3 Å². The van der Waals surface area contributed by atoms with Gasteiger partial charge in [0.2, 0.25) is 0 Å². The Morgan fingerprint density at radius 1 is 0.606 bits per heavy atom. The number of esters is 2. The Balaban J connectivity index is 1.75. The van der Waals surface area contributed by atoms with Crippen molar-refractivity contribution in [3.8, 4) is 0 Å². The Morgan fingerprint density at radius 3 is 1.58 bits per heavy atom. The molecule has 0 aliphatic rings. The maximum absolute atomic E-state index is 11.7. The van der Waals surface area contributed by atoms with Crippen LogP contribution in [-0.2, 0) is 38.0 Å². The van der Waals surface area contributed by atoms with Crippen molar-refractivity contribution in [2.45, 2.75) is 25.7 Å². The topological polar surface area (TPSA) is 127 Å². The van der Waals surface area contributed by atoms with Crippen molar-refractivity contribution in [3.63, 3.8) is 0 Å². The van der Waals surface area contributed by atoms with E-state index in [-0.39, 0.29) is 44.6 Å². The third-order valence-corrected chi connectivity index (χ3v) is 4.10. The highest BCUT2D eigenvalue weighted by Gasteiger charge is 2.05. The lowest BCUT2D eigenvalue weighted by Crippen LogP contribution is -2.15. The molecule has 1 aromatic rings. The highest BCUT2D eigenvalue weighted by molar-refractivity contribution is 5.89. The van der Waals surface area contributed by atoms with Crippen molar-refractivity contribution in [1.29, 1.82) is 0 Å². The smallest absolute Gasteiger partial charge is 0.338 e. The van der Waals surface area contributed by atoms with Crippen LogP contribution in [0.2, 0.25) is 0 Å². The van der Waals surface area contributed by atoms with Crippen LogP contribution in [0, 0.1) is 0 Å². The molecule has 10 heteroatoms. The Labute approximate surface area is 194 Å². The fourth-order valence-corrected chi connectivity index (χ4v) is 2.44. The van der Waals surface area contributed by atoms with Crippen molar-refractivity contribution in [1.82, 2.24) is 0 Å². The summed E-state index contributed by atoms with van der Waals surface area (Å²) in [7, 11) is 0. The predicted molar refractivity (Wildman–Crippen MR) is 117 cm³/mol. The second-order valence-electron chi connectivity index (χ2n) is 6.77. The number of benzene rings is 1. The molecular formula is C23H34O10. The van der Waals surface area contributed by atoms with E-state index < -0.39 is 5.97 Å². The lowest BCUT2D eigenvalue weighted by atomic mass is 10.2.